The lowest BCUT2D eigenvalue weighted by Crippen LogP contribution is -2.34. The number of amides is 2. The van der Waals surface area contributed by atoms with E-state index in [-0.39, 0.29) is 12.4 Å². The molecule has 2 amide bonds. The summed E-state index contributed by atoms with van der Waals surface area (Å²) in [6, 6.07) is 12.6. The van der Waals surface area contributed by atoms with Crippen molar-refractivity contribution in [1.29, 1.82) is 0 Å². The van der Waals surface area contributed by atoms with E-state index >= 15 is 0 Å². The normalized spacial score (nSPS) is 10.0. The third-order valence-electron chi connectivity index (χ3n) is 2.66. The van der Waals surface area contributed by atoms with E-state index in [9.17, 15) is 14.0 Å². The third kappa shape index (κ3) is 4.68. The van der Waals surface area contributed by atoms with Gasteiger partial charge in [-0.1, -0.05) is 34.1 Å². The van der Waals surface area contributed by atoms with Gasteiger partial charge in [0.05, 0.1) is 0 Å². The first-order chi connectivity index (χ1) is 10.0. The molecule has 21 heavy (non-hydrogen) atoms. The summed E-state index contributed by atoms with van der Waals surface area (Å²) in [5.74, 6) is -1.85. The van der Waals surface area contributed by atoms with Gasteiger partial charge in [0, 0.05) is 16.7 Å². The highest BCUT2D eigenvalue weighted by atomic mass is 79.9. The maximum absolute atomic E-state index is 12.7. The molecule has 0 aliphatic carbocycles. The van der Waals surface area contributed by atoms with Crippen molar-refractivity contribution >= 4 is 33.4 Å². The molecule has 2 N–H and O–H groups in total. The molecule has 0 fully saturated rings. The van der Waals surface area contributed by atoms with Crippen molar-refractivity contribution in [2.24, 2.45) is 0 Å². The minimum absolute atomic E-state index is 0.158. The number of anilines is 1. The molecule has 0 aliphatic rings. The van der Waals surface area contributed by atoms with Gasteiger partial charge in [-0.3, -0.25) is 9.59 Å². The summed E-state index contributed by atoms with van der Waals surface area (Å²) in [6.07, 6.45) is 0. The molecule has 0 unspecified atom stereocenters. The van der Waals surface area contributed by atoms with Crippen LogP contribution < -0.4 is 10.6 Å². The number of rotatable bonds is 3. The average Bonchev–Trinajstić information content (AvgIpc) is 2.46. The quantitative estimate of drug-likeness (QED) is 0.836. The minimum Gasteiger partial charge on any atom is -0.344 e. The largest absolute Gasteiger partial charge is 0.344 e. The van der Waals surface area contributed by atoms with Crippen molar-refractivity contribution in [2.75, 3.05) is 5.32 Å². The first-order valence-electron chi connectivity index (χ1n) is 6.14. The van der Waals surface area contributed by atoms with Crippen molar-refractivity contribution < 1.29 is 14.0 Å². The number of halogens is 2. The highest BCUT2D eigenvalue weighted by Gasteiger charge is 2.13. The summed E-state index contributed by atoms with van der Waals surface area (Å²) >= 11 is 3.27. The van der Waals surface area contributed by atoms with Crippen LogP contribution >= 0.6 is 15.9 Å². The number of hydrogen-bond donors (Lipinski definition) is 2. The second kappa shape index (κ2) is 6.99. The van der Waals surface area contributed by atoms with Crippen LogP contribution in [0, 0.1) is 5.82 Å². The standard InChI is InChI=1S/C15H12BrFN2O2/c16-11-2-1-3-13(8-11)19-15(21)14(20)18-9-10-4-6-12(17)7-5-10/h1-8H,9H2,(H,18,20)(H,19,21). The first-order valence-corrected chi connectivity index (χ1v) is 6.93. The fourth-order valence-corrected chi connectivity index (χ4v) is 2.02. The van der Waals surface area contributed by atoms with Gasteiger partial charge in [0.15, 0.2) is 0 Å². The Hall–Kier alpha value is -2.21. The van der Waals surface area contributed by atoms with Gasteiger partial charge in [0.2, 0.25) is 0 Å². The van der Waals surface area contributed by atoms with E-state index in [1.165, 1.54) is 12.1 Å². The van der Waals surface area contributed by atoms with Crippen molar-refractivity contribution in [3.8, 4) is 0 Å². The number of carbonyl (C=O) groups excluding carboxylic acids is 2. The predicted octanol–water partition coefficient (Wildman–Crippen LogP) is 2.84. The van der Waals surface area contributed by atoms with Crippen LogP contribution in [0.25, 0.3) is 0 Å². The summed E-state index contributed by atoms with van der Waals surface area (Å²) in [5, 5.41) is 4.95. The van der Waals surface area contributed by atoms with E-state index in [1.54, 1.807) is 30.3 Å². The Morgan fingerprint density at radius 1 is 1.05 bits per heavy atom. The second-order valence-electron chi connectivity index (χ2n) is 4.27. The second-order valence-corrected chi connectivity index (χ2v) is 5.19. The number of hydrogen-bond acceptors (Lipinski definition) is 2. The minimum atomic E-state index is -0.754. The maximum Gasteiger partial charge on any atom is 0.313 e. The Kier molecular flexibility index (Phi) is 5.05. The topological polar surface area (TPSA) is 58.2 Å². The van der Waals surface area contributed by atoms with Gasteiger partial charge in [0.25, 0.3) is 0 Å². The average molecular weight is 351 g/mol. The summed E-state index contributed by atoms with van der Waals surface area (Å²) in [4.78, 5) is 23.4. The van der Waals surface area contributed by atoms with Gasteiger partial charge in [-0.25, -0.2) is 4.39 Å². The molecule has 0 atom stereocenters. The summed E-state index contributed by atoms with van der Waals surface area (Å²) in [6.45, 7) is 0.158. The SMILES string of the molecule is O=C(NCc1ccc(F)cc1)C(=O)Nc1cccc(Br)c1. The molecule has 0 heterocycles. The van der Waals surface area contributed by atoms with Crippen LogP contribution in [0.15, 0.2) is 53.0 Å². The van der Waals surface area contributed by atoms with E-state index in [2.05, 4.69) is 26.6 Å². The van der Waals surface area contributed by atoms with Crippen LogP contribution in [0.3, 0.4) is 0 Å². The van der Waals surface area contributed by atoms with Gasteiger partial charge in [-0.15, -0.1) is 0 Å². The van der Waals surface area contributed by atoms with Crippen LogP contribution in [-0.4, -0.2) is 11.8 Å². The lowest BCUT2D eigenvalue weighted by molar-refractivity contribution is -0.136. The molecule has 0 saturated heterocycles. The zero-order valence-electron chi connectivity index (χ0n) is 10.9. The van der Waals surface area contributed by atoms with Crippen LogP contribution in [0.5, 0.6) is 0 Å². The van der Waals surface area contributed by atoms with E-state index in [0.29, 0.717) is 11.3 Å². The van der Waals surface area contributed by atoms with Crippen molar-refractivity contribution in [2.45, 2.75) is 6.54 Å². The fourth-order valence-electron chi connectivity index (χ4n) is 1.62. The Morgan fingerprint density at radius 3 is 2.43 bits per heavy atom. The third-order valence-corrected chi connectivity index (χ3v) is 3.15. The van der Waals surface area contributed by atoms with Gasteiger partial charge in [-0.2, -0.15) is 0 Å². The monoisotopic (exact) mass is 350 g/mol. The Balaban J connectivity index is 1.88. The van der Waals surface area contributed by atoms with Crippen LogP contribution in [0.4, 0.5) is 10.1 Å². The lowest BCUT2D eigenvalue weighted by atomic mass is 10.2. The van der Waals surface area contributed by atoms with E-state index in [0.717, 1.165) is 4.47 Å². The van der Waals surface area contributed by atoms with Crippen molar-refractivity contribution in [3.63, 3.8) is 0 Å². The summed E-state index contributed by atoms with van der Waals surface area (Å²) < 4.78 is 13.5. The smallest absolute Gasteiger partial charge is 0.313 e. The molecule has 0 saturated carbocycles. The molecule has 2 aromatic rings. The van der Waals surface area contributed by atoms with Crippen LogP contribution in [0.1, 0.15) is 5.56 Å². The Labute approximate surface area is 129 Å². The first kappa shape index (κ1) is 15.2. The number of carbonyl (C=O) groups is 2. The van der Waals surface area contributed by atoms with E-state index in [4.69, 9.17) is 0 Å². The van der Waals surface area contributed by atoms with Crippen LogP contribution in [0.2, 0.25) is 0 Å². The molecule has 0 spiro atoms. The van der Waals surface area contributed by atoms with Gasteiger partial charge in [-0.05, 0) is 35.9 Å². The zero-order valence-corrected chi connectivity index (χ0v) is 12.5. The van der Waals surface area contributed by atoms with E-state index < -0.39 is 11.8 Å². The lowest BCUT2D eigenvalue weighted by Gasteiger charge is -2.07. The maximum atomic E-state index is 12.7. The Bertz CT molecular complexity index is 659. The highest BCUT2D eigenvalue weighted by molar-refractivity contribution is 9.10. The van der Waals surface area contributed by atoms with Crippen LogP contribution in [-0.2, 0) is 16.1 Å². The molecular weight excluding hydrogens is 339 g/mol. The molecule has 0 radical (unpaired) electrons. The van der Waals surface area contributed by atoms with Gasteiger partial charge >= 0.3 is 11.8 Å². The fraction of sp³-hybridized carbons (Fsp3) is 0.0667. The molecule has 0 aliphatic heterocycles. The van der Waals surface area contributed by atoms with Crippen molar-refractivity contribution in [1.82, 2.24) is 5.32 Å². The zero-order chi connectivity index (χ0) is 15.2. The Morgan fingerprint density at radius 2 is 1.76 bits per heavy atom. The van der Waals surface area contributed by atoms with Crippen molar-refractivity contribution in [3.05, 3.63) is 64.4 Å². The molecule has 2 rings (SSSR count). The molecular formula is C15H12BrFN2O2. The number of nitrogens with one attached hydrogen (secondary N) is 2. The predicted molar refractivity (Wildman–Crippen MR) is 81.0 cm³/mol. The molecule has 4 nitrogen and oxygen atoms in total. The summed E-state index contributed by atoms with van der Waals surface area (Å²) in [7, 11) is 0. The van der Waals surface area contributed by atoms with Gasteiger partial charge < -0.3 is 10.6 Å². The molecule has 108 valence electrons. The molecule has 0 aromatic heterocycles. The molecule has 0 bridgehead atoms. The highest BCUT2D eigenvalue weighted by Crippen LogP contribution is 2.15. The molecule has 2 aromatic carbocycles. The number of benzene rings is 2. The molecule has 6 heteroatoms. The van der Waals surface area contributed by atoms with Gasteiger partial charge in [0.1, 0.15) is 5.82 Å². The van der Waals surface area contributed by atoms with E-state index in [1.807, 2.05) is 6.07 Å². The summed E-state index contributed by atoms with van der Waals surface area (Å²) in [5.41, 5.74) is 1.23.